The summed E-state index contributed by atoms with van der Waals surface area (Å²) in [4.78, 5) is 12.2. The number of carbonyl (C=O) groups is 1. The summed E-state index contributed by atoms with van der Waals surface area (Å²) in [5, 5.41) is 0. The van der Waals surface area contributed by atoms with Gasteiger partial charge in [-0.05, 0) is 0 Å². The lowest BCUT2D eigenvalue weighted by Crippen LogP contribution is -2.05. The highest BCUT2D eigenvalue weighted by molar-refractivity contribution is 6.08. The summed E-state index contributed by atoms with van der Waals surface area (Å²) < 4.78 is 10.3. The van der Waals surface area contributed by atoms with E-state index in [1.165, 1.54) is 0 Å². The molecule has 3 heteroatoms. The number of hydrogen-bond acceptors (Lipinski definition) is 3. The van der Waals surface area contributed by atoms with Gasteiger partial charge in [-0.2, -0.15) is 0 Å². The molecule has 0 radical (unpaired) electrons. The van der Waals surface area contributed by atoms with Gasteiger partial charge >= 0.3 is 0 Å². The molecule has 0 spiro atoms. The summed E-state index contributed by atoms with van der Waals surface area (Å²) in [6.45, 7) is 0. The Hall–Kier alpha value is -1.97. The zero-order valence-corrected chi connectivity index (χ0v) is 11.0. The normalized spacial score (nSPS) is 10.7. The van der Waals surface area contributed by atoms with Crippen LogP contribution in [0.2, 0.25) is 0 Å². The third-order valence-electron chi connectivity index (χ3n) is 2.91. The summed E-state index contributed by atoms with van der Waals surface area (Å²) in [5.74, 6) is 0.0125. The maximum absolute atomic E-state index is 12.2. The molecular formula is C16H16O3. The molecule has 0 fully saturated rings. The summed E-state index contributed by atoms with van der Waals surface area (Å²) in [6.07, 6.45) is -0.402. The van der Waals surface area contributed by atoms with E-state index in [0.717, 1.165) is 5.56 Å². The van der Waals surface area contributed by atoms with Crippen LogP contribution >= 0.6 is 0 Å². The number of rotatable bonds is 5. The fraction of sp³-hybridized carbons (Fsp3) is 0.188. The van der Waals surface area contributed by atoms with Crippen LogP contribution in [-0.4, -0.2) is 20.0 Å². The molecule has 0 saturated carbocycles. The third-order valence-corrected chi connectivity index (χ3v) is 2.91. The number of ketones is 1. The smallest absolute Gasteiger partial charge is 0.193 e. The molecule has 0 heterocycles. The van der Waals surface area contributed by atoms with Gasteiger partial charge in [-0.25, -0.2) is 0 Å². The van der Waals surface area contributed by atoms with Gasteiger partial charge in [0.25, 0.3) is 0 Å². The van der Waals surface area contributed by atoms with Crippen LogP contribution in [0.15, 0.2) is 54.6 Å². The minimum absolute atomic E-state index is 0.0125. The van der Waals surface area contributed by atoms with Gasteiger partial charge in [0.15, 0.2) is 12.1 Å². The van der Waals surface area contributed by atoms with Gasteiger partial charge in [0, 0.05) is 30.9 Å². The standard InChI is InChI=1S/C16H16O3/c1-18-16(19-2)14-10-8-13(9-11-14)15(17)12-6-4-3-5-7-12/h3-11,16H,1-2H3. The second-order valence-corrected chi connectivity index (χ2v) is 4.12. The number of methoxy groups -OCH3 is 2. The van der Waals surface area contributed by atoms with Crippen molar-refractivity contribution in [2.24, 2.45) is 0 Å². The predicted octanol–water partition coefficient (Wildman–Crippen LogP) is 3.21. The van der Waals surface area contributed by atoms with Crippen molar-refractivity contribution in [3.05, 3.63) is 71.3 Å². The maximum atomic E-state index is 12.2. The van der Waals surface area contributed by atoms with E-state index in [0.29, 0.717) is 11.1 Å². The molecule has 0 aliphatic heterocycles. The van der Waals surface area contributed by atoms with E-state index in [1.807, 2.05) is 42.5 Å². The minimum atomic E-state index is -0.402. The molecule has 19 heavy (non-hydrogen) atoms. The molecule has 0 N–H and O–H groups in total. The van der Waals surface area contributed by atoms with E-state index in [9.17, 15) is 4.79 Å². The average Bonchev–Trinajstić information content (AvgIpc) is 2.49. The van der Waals surface area contributed by atoms with E-state index >= 15 is 0 Å². The summed E-state index contributed by atoms with van der Waals surface area (Å²) in [7, 11) is 3.16. The molecule has 0 unspecified atom stereocenters. The quantitative estimate of drug-likeness (QED) is 0.608. The third kappa shape index (κ3) is 3.08. The first-order valence-electron chi connectivity index (χ1n) is 6.01. The fourth-order valence-electron chi connectivity index (χ4n) is 1.92. The Morgan fingerprint density at radius 1 is 0.842 bits per heavy atom. The molecule has 0 bridgehead atoms. The van der Waals surface area contributed by atoms with E-state index in [1.54, 1.807) is 26.4 Å². The van der Waals surface area contributed by atoms with Crippen molar-refractivity contribution >= 4 is 5.78 Å². The van der Waals surface area contributed by atoms with Crippen molar-refractivity contribution in [3.8, 4) is 0 Å². The first-order chi connectivity index (χ1) is 9.26. The van der Waals surface area contributed by atoms with E-state index in [2.05, 4.69) is 0 Å². The molecule has 0 saturated heterocycles. The van der Waals surface area contributed by atoms with Gasteiger partial charge in [-0.15, -0.1) is 0 Å². The van der Waals surface area contributed by atoms with Gasteiger partial charge in [0.05, 0.1) is 0 Å². The zero-order chi connectivity index (χ0) is 13.7. The SMILES string of the molecule is COC(OC)c1ccc(C(=O)c2ccccc2)cc1. The molecule has 0 aliphatic rings. The Labute approximate surface area is 112 Å². The van der Waals surface area contributed by atoms with Crippen LogP contribution in [0.1, 0.15) is 27.8 Å². The van der Waals surface area contributed by atoms with Crippen LogP contribution < -0.4 is 0 Å². The summed E-state index contributed by atoms with van der Waals surface area (Å²) in [6, 6.07) is 16.5. The Morgan fingerprint density at radius 2 is 1.37 bits per heavy atom. The van der Waals surface area contributed by atoms with Crippen LogP contribution in [0.3, 0.4) is 0 Å². The monoisotopic (exact) mass is 256 g/mol. The van der Waals surface area contributed by atoms with Crippen LogP contribution in [0.25, 0.3) is 0 Å². The summed E-state index contributed by atoms with van der Waals surface area (Å²) in [5.41, 5.74) is 2.22. The van der Waals surface area contributed by atoms with Gasteiger partial charge < -0.3 is 9.47 Å². The lowest BCUT2D eigenvalue weighted by molar-refractivity contribution is -0.106. The van der Waals surface area contributed by atoms with Crippen LogP contribution in [0.5, 0.6) is 0 Å². The van der Waals surface area contributed by atoms with Gasteiger partial charge in [0.2, 0.25) is 0 Å². The Kier molecular flexibility index (Phi) is 4.44. The molecule has 2 aromatic carbocycles. The minimum Gasteiger partial charge on any atom is -0.352 e. The summed E-state index contributed by atoms with van der Waals surface area (Å²) >= 11 is 0. The molecule has 3 nitrogen and oxygen atoms in total. The van der Waals surface area contributed by atoms with Crippen molar-refractivity contribution in [1.82, 2.24) is 0 Å². The lowest BCUT2D eigenvalue weighted by Gasteiger charge is -2.13. The zero-order valence-electron chi connectivity index (χ0n) is 11.0. The highest BCUT2D eigenvalue weighted by Gasteiger charge is 2.11. The van der Waals surface area contributed by atoms with Gasteiger partial charge in [-0.3, -0.25) is 4.79 Å². The molecule has 98 valence electrons. The lowest BCUT2D eigenvalue weighted by atomic mass is 10.0. The molecule has 2 aromatic rings. The van der Waals surface area contributed by atoms with Crippen molar-refractivity contribution in [2.75, 3.05) is 14.2 Å². The first kappa shape index (κ1) is 13.5. The largest absolute Gasteiger partial charge is 0.352 e. The highest BCUT2D eigenvalue weighted by Crippen LogP contribution is 2.18. The van der Waals surface area contributed by atoms with Crippen LogP contribution in [0, 0.1) is 0 Å². The second-order valence-electron chi connectivity index (χ2n) is 4.12. The van der Waals surface area contributed by atoms with E-state index < -0.39 is 6.29 Å². The average molecular weight is 256 g/mol. The van der Waals surface area contributed by atoms with Crippen molar-refractivity contribution in [1.29, 1.82) is 0 Å². The number of ether oxygens (including phenoxy) is 2. The molecule has 0 atom stereocenters. The molecular weight excluding hydrogens is 240 g/mol. The van der Waals surface area contributed by atoms with Gasteiger partial charge in [-0.1, -0.05) is 54.6 Å². The Bertz CT molecular complexity index is 528. The molecule has 0 aliphatic carbocycles. The van der Waals surface area contributed by atoms with Crippen LogP contribution in [0.4, 0.5) is 0 Å². The number of hydrogen-bond donors (Lipinski definition) is 0. The van der Waals surface area contributed by atoms with Crippen LogP contribution in [-0.2, 0) is 9.47 Å². The molecule has 0 amide bonds. The van der Waals surface area contributed by atoms with E-state index in [4.69, 9.17) is 9.47 Å². The highest BCUT2D eigenvalue weighted by atomic mass is 16.7. The first-order valence-corrected chi connectivity index (χ1v) is 6.01. The van der Waals surface area contributed by atoms with Gasteiger partial charge in [0.1, 0.15) is 0 Å². The molecule has 0 aromatic heterocycles. The Morgan fingerprint density at radius 3 is 1.89 bits per heavy atom. The second kappa shape index (κ2) is 6.27. The Balaban J connectivity index is 2.21. The van der Waals surface area contributed by atoms with E-state index in [-0.39, 0.29) is 5.78 Å². The number of benzene rings is 2. The topological polar surface area (TPSA) is 35.5 Å². The fourth-order valence-corrected chi connectivity index (χ4v) is 1.92. The number of carbonyl (C=O) groups excluding carboxylic acids is 1. The molecule has 2 rings (SSSR count). The van der Waals surface area contributed by atoms with Crippen molar-refractivity contribution in [3.63, 3.8) is 0 Å². The van der Waals surface area contributed by atoms with Crippen molar-refractivity contribution in [2.45, 2.75) is 6.29 Å². The predicted molar refractivity (Wildman–Crippen MR) is 73.1 cm³/mol. The maximum Gasteiger partial charge on any atom is 0.193 e. The van der Waals surface area contributed by atoms with Crippen molar-refractivity contribution < 1.29 is 14.3 Å².